The third-order valence-electron chi connectivity index (χ3n) is 6.04. The van der Waals surface area contributed by atoms with Crippen molar-refractivity contribution in [3.05, 3.63) is 106 Å². The molecular weight excluding hydrogens is 467 g/mol. The number of hydrogen-bond donors (Lipinski definition) is 1. The third kappa shape index (κ3) is 6.45. The van der Waals surface area contributed by atoms with E-state index in [2.05, 4.69) is 81.0 Å². The Morgan fingerprint density at radius 2 is 1.41 bits per heavy atom. The summed E-state index contributed by atoms with van der Waals surface area (Å²) in [5.74, 6) is -0.131. The van der Waals surface area contributed by atoms with Gasteiger partial charge in [-0.05, 0) is 23.3 Å². The first-order valence-electron chi connectivity index (χ1n) is 11.4. The fourth-order valence-corrected chi connectivity index (χ4v) is 4.74. The Morgan fingerprint density at radius 1 is 0.853 bits per heavy atom. The lowest BCUT2D eigenvalue weighted by Crippen LogP contribution is -2.48. The predicted octanol–water partition coefficient (Wildman–Crippen LogP) is 5.24. The molecule has 0 bridgehead atoms. The molecule has 0 aliphatic carbocycles. The standard InChI is InChI=1S/C27H28Cl2N4O/c28-24-12-7-13-25(29)23(24)20-30-31-26(34)14-15-32-16-18-33(19-17-32)27(21-8-3-1-4-9-21)22-10-5-2-6-11-22/h1-13,20,27H,14-19H2,(H,31,34)/b30-20+. The first kappa shape index (κ1) is 24.4. The van der Waals surface area contributed by atoms with Gasteiger partial charge in [-0.3, -0.25) is 9.69 Å². The van der Waals surface area contributed by atoms with Crippen LogP contribution < -0.4 is 5.43 Å². The zero-order valence-electron chi connectivity index (χ0n) is 18.9. The van der Waals surface area contributed by atoms with Crippen LogP contribution in [0.4, 0.5) is 0 Å². The zero-order chi connectivity index (χ0) is 23.8. The van der Waals surface area contributed by atoms with E-state index in [1.165, 1.54) is 17.3 Å². The highest BCUT2D eigenvalue weighted by atomic mass is 35.5. The number of carbonyl (C=O) groups is 1. The molecular formula is C27H28Cl2N4O. The van der Waals surface area contributed by atoms with E-state index in [-0.39, 0.29) is 11.9 Å². The molecule has 0 spiro atoms. The number of hydrazone groups is 1. The summed E-state index contributed by atoms with van der Waals surface area (Å²) >= 11 is 12.2. The molecule has 1 aliphatic rings. The maximum Gasteiger partial charge on any atom is 0.241 e. The Morgan fingerprint density at radius 3 is 1.97 bits per heavy atom. The minimum atomic E-state index is -0.131. The van der Waals surface area contributed by atoms with E-state index < -0.39 is 0 Å². The molecule has 0 radical (unpaired) electrons. The van der Waals surface area contributed by atoms with E-state index in [0.29, 0.717) is 28.6 Å². The molecule has 7 heteroatoms. The van der Waals surface area contributed by atoms with Crippen LogP contribution in [0.1, 0.15) is 29.2 Å². The van der Waals surface area contributed by atoms with Crippen LogP contribution in [-0.2, 0) is 4.79 Å². The SMILES string of the molecule is O=C(CCN1CCN(C(c2ccccc2)c2ccccc2)CC1)N/N=C/c1c(Cl)cccc1Cl. The van der Waals surface area contributed by atoms with E-state index in [0.717, 1.165) is 26.2 Å². The van der Waals surface area contributed by atoms with E-state index in [4.69, 9.17) is 23.2 Å². The van der Waals surface area contributed by atoms with Crippen LogP contribution in [0.25, 0.3) is 0 Å². The van der Waals surface area contributed by atoms with Gasteiger partial charge < -0.3 is 4.90 Å². The average molecular weight is 495 g/mol. The van der Waals surface area contributed by atoms with E-state index in [1.807, 2.05) is 0 Å². The summed E-state index contributed by atoms with van der Waals surface area (Å²) in [6.07, 6.45) is 1.86. The third-order valence-corrected chi connectivity index (χ3v) is 6.70. The van der Waals surface area contributed by atoms with Crippen molar-refractivity contribution < 1.29 is 4.79 Å². The van der Waals surface area contributed by atoms with Gasteiger partial charge >= 0.3 is 0 Å². The molecule has 1 aliphatic heterocycles. The highest BCUT2D eigenvalue weighted by Crippen LogP contribution is 2.29. The number of halogens is 2. The highest BCUT2D eigenvalue weighted by Gasteiger charge is 2.26. The number of nitrogens with zero attached hydrogens (tertiary/aromatic N) is 3. The molecule has 1 N–H and O–H groups in total. The Balaban J connectivity index is 1.28. The van der Waals surface area contributed by atoms with Crippen LogP contribution >= 0.6 is 23.2 Å². The predicted molar refractivity (Wildman–Crippen MR) is 140 cm³/mol. The summed E-state index contributed by atoms with van der Waals surface area (Å²) < 4.78 is 0. The van der Waals surface area contributed by atoms with Crippen molar-refractivity contribution in [1.29, 1.82) is 0 Å². The monoisotopic (exact) mass is 494 g/mol. The minimum absolute atomic E-state index is 0.131. The summed E-state index contributed by atoms with van der Waals surface area (Å²) in [4.78, 5) is 17.1. The molecule has 0 atom stereocenters. The molecule has 5 nitrogen and oxygen atoms in total. The van der Waals surface area contributed by atoms with Gasteiger partial charge in [-0.1, -0.05) is 89.9 Å². The van der Waals surface area contributed by atoms with E-state index >= 15 is 0 Å². The van der Waals surface area contributed by atoms with Gasteiger partial charge in [0, 0.05) is 44.7 Å². The van der Waals surface area contributed by atoms with Crippen molar-refractivity contribution >= 4 is 35.3 Å². The maximum atomic E-state index is 12.3. The van der Waals surface area contributed by atoms with Crippen LogP contribution in [0.15, 0.2) is 84.0 Å². The van der Waals surface area contributed by atoms with Gasteiger partial charge in [-0.2, -0.15) is 5.10 Å². The molecule has 176 valence electrons. The largest absolute Gasteiger partial charge is 0.300 e. The molecule has 34 heavy (non-hydrogen) atoms. The lowest BCUT2D eigenvalue weighted by molar-refractivity contribution is -0.121. The fourth-order valence-electron chi connectivity index (χ4n) is 4.25. The average Bonchev–Trinajstić information content (AvgIpc) is 2.87. The summed E-state index contributed by atoms with van der Waals surface area (Å²) in [6.45, 7) is 4.42. The summed E-state index contributed by atoms with van der Waals surface area (Å²) in [5.41, 5.74) is 5.77. The Bertz CT molecular complexity index is 1040. The van der Waals surface area contributed by atoms with Gasteiger partial charge in [0.25, 0.3) is 0 Å². The smallest absolute Gasteiger partial charge is 0.241 e. The van der Waals surface area contributed by atoms with Crippen molar-refractivity contribution in [2.24, 2.45) is 5.10 Å². The van der Waals surface area contributed by atoms with Gasteiger partial charge in [0.15, 0.2) is 0 Å². The summed E-state index contributed by atoms with van der Waals surface area (Å²) in [6, 6.07) is 26.8. The number of piperazine rings is 1. The number of amides is 1. The lowest BCUT2D eigenvalue weighted by Gasteiger charge is -2.39. The topological polar surface area (TPSA) is 47.9 Å². The first-order chi connectivity index (χ1) is 16.6. The number of rotatable bonds is 8. The fraction of sp³-hybridized carbons (Fsp3) is 0.259. The van der Waals surface area contributed by atoms with Crippen molar-refractivity contribution in [2.45, 2.75) is 12.5 Å². The van der Waals surface area contributed by atoms with Crippen molar-refractivity contribution in [1.82, 2.24) is 15.2 Å². The Kier molecular flexibility index (Phi) is 8.72. The second kappa shape index (κ2) is 12.1. The number of hydrogen-bond acceptors (Lipinski definition) is 4. The van der Waals surface area contributed by atoms with Crippen molar-refractivity contribution in [2.75, 3.05) is 32.7 Å². The second-order valence-electron chi connectivity index (χ2n) is 8.28. The number of benzene rings is 3. The molecule has 1 saturated heterocycles. The van der Waals surface area contributed by atoms with E-state index in [9.17, 15) is 4.79 Å². The van der Waals surface area contributed by atoms with Crippen molar-refractivity contribution in [3.63, 3.8) is 0 Å². The van der Waals surface area contributed by atoms with Gasteiger partial charge in [-0.25, -0.2) is 5.43 Å². The second-order valence-corrected chi connectivity index (χ2v) is 9.09. The molecule has 1 fully saturated rings. The van der Waals surface area contributed by atoms with Gasteiger partial charge in [0.1, 0.15) is 0 Å². The Hall–Kier alpha value is -2.70. The van der Waals surface area contributed by atoms with E-state index in [1.54, 1.807) is 18.2 Å². The van der Waals surface area contributed by atoms with Crippen LogP contribution in [0.5, 0.6) is 0 Å². The first-order valence-corrected chi connectivity index (χ1v) is 12.2. The summed E-state index contributed by atoms with van der Waals surface area (Å²) in [5, 5.41) is 5.00. The maximum absolute atomic E-state index is 12.3. The van der Waals surface area contributed by atoms with Crippen LogP contribution in [0.3, 0.4) is 0 Å². The lowest BCUT2D eigenvalue weighted by atomic mass is 9.96. The summed E-state index contributed by atoms with van der Waals surface area (Å²) in [7, 11) is 0. The Labute approximate surface area is 211 Å². The molecule has 3 aromatic rings. The van der Waals surface area contributed by atoms with Gasteiger partial charge in [-0.15, -0.1) is 0 Å². The zero-order valence-corrected chi connectivity index (χ0v) is 20.4. The van der Waals surface area contributed by atoms with Crippen molar-refractivity contribution in [3.8, 4) is 0 Å². The quantitative estimate of drug-likeness (QED) is 0.344. The molecule has 1 heterocycles. The van der Waals surface area contributed by atoms with Gasteiger partial charge in [0.2, 0.25) is 5.91 Å². The molecule has 0 unspecified atom stereocenters. The number of nitrogens with one attached hydrogen (secondary N) is 1. The van der Waals surface area contributed by atoms with Crippen LogP contribution in [-0.4, -0.2) is 54.6 Å². The van der Waals surface area contributed by atoms with Crippen LogP contribution in [0.2, 0.25) is 10.0 Å². The molecule has 0 saturated carbocycles. The number of carbonyl (C=O) groups excluding carboxylic acids is 1. The normalized spacial score (nSPS) is 15.1. The van der Waals surface area contributed by atoms with Gasteiger partial charge in [0.05, 0.1) is 22.3 Å². The molecule has 0 aromatic heterocycles. The molecule has 1 amide bonds. The molecule has 4 rings (SSSR count). The minimum Gasteiger partial charge on any atom is -0.300 e. The molecule has 3 aromatic carbocycles. The van der Waals surface area contributed by atoms with Crippen LogP contribution in [0, 0.1) is 0 Å². The highest BCUT2D eigenvalue weighted by molar-refractivity contribution is 6.38.